The van der Waals surface area contributed by atoms with Crippen molar-refractivity contribution in [1.82, 2.24) is 5.32 Å². The molecule has 2 rings (SSSR count). The smallest absolute Gasteiger partial charge is 0.176 e. The predicted octanol–water partition coefficient (Wildman–Crippen LogP) is 2.55. The Bertz CT molecular complexity index is 545. The minimum atomic E-state index is -0.121. The van der Waals surface area contributed by atoms with Crippen LogP contribution in [0.1, 0.15) is 19.6 Å². The van der Waals surface area contributed by atoms with Crippen molar-refractivity contribution < 1.29 is 14.3 Å². The zero-order valence-electron chi connectivity index (χ0n) is 11.7. The molecule has 0 radical (unpaired) electrons. The number of hydrogen-bond donors (Lipinski definition) is 2. The van der Waals surface area contributed by atoms with Crippen molar-refractivity contribution in [2.45, 2.75) is 20.4 Å². The molecule has 1 aromatic heterocycles. The molecule has 0 bridgehead atoms. The third-order valence-electron chi connectivity index (χ3n) is 3.11. The molecule has 4 nitrogen and oxygen atoms in total. The summed E-state index contributed by atoms with van der Waals surface area (Å²) < 4.78 is 11.1. The number of ether oxygens (including phenoxy) is 1. The van der Waals surface area contributed by atoms with E-state index in [1.54, 1.807) is 7.11 Å². The molecule has 1 heterocycles. The first kappa shape index (κ1) is 13.9. The van der Waals surface area contributed by atoms with Crippen LogP contribution in [-0.2, 0) is 6.54 Å². The van der Waals surface area contributed by atoms with Crippen molar-refractivity contribution in [3.63, 3.8) is 0 Å². The molecule has 0 atom stereocenters. The summed E-state index contributed by atoms with van der Waals surface area (Å²) in [5.74, 6) is 1.62. The monoisotopic (exact) mass is 263 g/mol. The molecular formula is C15H21NO3. The second-order valence-corrected chi connectivity index (χ2v) is 5.52. The minimum absolute atomic E-state index is 0.121. The molecule has 0 saturated heterocycles. The molecule has 0 aliphatic heterocycles. The Morgan fingerprint density at radius 2 is 2.16 bits per heavy atom. The maximum absolute atomic E-state index is 9.19. The van der Waals surface area contributed by atoms with Crippen LogP contribution in [0.3, 0.4) is 0 Å². The Morgan fingerprint density at radius 1 is 1.37 bits per heavy atom. The molecule has 2 N–H and O–H groups in total. The summed E-state index contributed by atoms with van der Waals surface area (Å²) in [4.78, 5) is 0. The lowest BCUT2D eigenvalue weighted by molar-refractivity contribution is 0.156. The van der Waals surface area contributed by atoms with Gasteiger partial charge in [-0.25, -0.2) is 0 Å². The van der Waals surface area contributed by atoms with Crippen molar-refractivity contribution >= 4 is 11.0 Å². The maximum atomic E-state index is 9.19. The van der Waals surface area contributed by atoms with Gasteiger partial charge in [-0.2, -0.15) is 0 Å². The van der Waals surface area contributed by atoms with Crippen molar-refractivity contribution in [1.29, 1.82) is 0 Å². The summed E-state index contributed by atoms with van der Waals surface area (Å²) in [5, 5.41) is 13.5. The van der Waals surface area contributed by atoms with Gasteiger partial charge < -0.3 is 19.6 Å². The molecule has 4 heteroatoms. The second-order valence-electron chi connectivity index (χ2n) is 5.52. The van der Waals surface area contributed by atoms with Crippen LogP contribution in [0, 0.1) is 5.41 Å². The molecule has 2 aromatic rings. The van der Waals surface area contributed by atoms with E-state index in [0.29, 0.717) is 6.54 Å². The van der Waals surface area contributed by atoms with Gasteiger partial charge in [-0.05, 0) is 12.1 Å². The molecule has 104 valence electrons. The molecule has 0 spiro atoms. The normalized spacial score (nSPS) is 12.0. The van der Waals surface area contributed by atoms with Crippen LogP contribution in [0.2, 0.25) is 0 Å². The minimum Gasteiger partial charge on any atom is -0.493 e. The zero-order chi connectivity index (χ0) is 13.9. The van der Waals surface area contributed by atoms with E-state index in [-0.39, 0.29) is 12.0 Å². The van der Waals surface area contributed by atoms with E-state index < -0.39 is 0 Å². The van der Waals surface area contributed by atoms with Gasteiger partial charge in [-0.1, -0.05) is 26.0 Å². The highest BCUT2D eigenvalue weighted by Gasteiger charge is 2.16. The van der Waals surface area contributed by atoms with Crippen molar-refractivity contribution in [3.05, 3.63) is 30.0 Å². The van der Waals surface area contributed by atoms with E-state index in [1.807, 2.05) is 38.1 Å². The van der Waals surface area contributed by atoms with E-state index in [2.05, 4.69) is 5.32 Å². The van der Waals surface area contributed by atoms with Crippen molar-refractivity contribution in [2.24, 2.45) is 5.41 Å². The molecule has 0 unspecified atom stereocenters. The van der Waals surface area contributed by atoms with E-state index >= 15 is 0 Å². The number of rotatable bonds is 6. The lowest BCUT2D eigenvalue weighted by atomic mass is 9.95. The van der Waals surface area contributed by atoms with Gasteiger partial charge >= 0.3 is 0 Å². The van der Waals surface area contributed by atoms with Gasteiger partial charge in [0.05, 0.1) is 13.7 Å². The lowest BCUT2D eigenvalue weighted by Crippen LogP contribution is -2.31. The standard InChI is InChI=1S/C15H21NO3/c1-15(2,10-17)9-16-8-12-7-11-5-4-6-13(18-3)14(11)19-12/h4-7,16-17H,8-10H2,1-3H3. The number of para-hydroxylation sites is 1. The molecule has 0 aliphatic carbocycles. The Hall–Kier alpha value is -1.52. The van der Waals surface area contributed by atoms with Gasteiger partial charge in [0.1, 0.15) is 5.76 Å². The molecular weight excluding hydrogens is 242 g/mol. The van der Waals surface area contributed by atoms with E-state index in [9.17, 15) is 5.11 Å². The molecule has 19 heavy (non-hydrogen) atoms. The zero-order valence-corrected chi connectivity index (χ0v) is 11.7. The topological polar surface area (TPSA) is 54.6 Å². The quantitative estimate of drug-likeness (QED) is 0.841. The van der Waals surface area contributed by atoms with Gasteiger partial charge in [-0.15, -0.1) is 0 Å². The van der Waals surface area contributed by atoms with Gasteiger partial charge in [0.15, 0.2) is 11.3 Å². The Labute approximate surface area is 113 Å². The van der Waals surface area contributed by atoms with Gasteiger partial charge in [0.25, 0.3) is 0 Å². The second kappa shape index (κ2) is 5.63. The summed E-state index contributed by atoms with van der Waals surface area (Å²) in [6.07, 6.45) is 0. The van der Waals surface area contributed by atoms with Crippen LogP contribution >= 0.6 is 0 Å². The first-order valence-corrected chi connectivity index (χ1v) is 6.43. The third kappa shape index (κ3) is 3.28. The maximum Gasteiger partial charge on any atom is 0.176 e. The third-order valence-corrected chi connectivity index (χ3v) is 3.11. The highest BCUT2D eigenvalue weighted by Crippen LogP contribution is 2.28. The average molecular weight is 263 g/mol. The van der Waals surface area contributed by atoms with Gasteiger partial charge in [0.2, 0.25) is 0 Å². The molecule has 0 fully saturated rings. The van der Waals surface area contributed by atoms with Crippen LogP contribution in [-0.4, -0.2) is 25.4 Å². The predicted molar refractivity (Wildman–Crippen MR) is 75.3 cm³/mol. The summed E-state index contributed by atoms with van der Waals surface area (Å²) in [5.41, 5.74) is 0.659. The first-order chi connectivity index (χ1) is 9.05. The highest BCUT2D eigenvalue weighted by atomic mass is 16.5. The van der Waals surface area contributed by atoms with Crippen molar-refractivity contribution in [2.75, 3.05) is 20.3 Å². The van der Waals surface area contributed by atoms with Crippen LogP contribution in [0.4, 0.5) is 0 Å². The van der Waals surface area contributed by atoms with Crippen LogP contribution in [0.5, 0.6) is 5.75 Å². The molecule has 0 saturated carbocycles. The van der Waals surface area contributed by atoms with E-state index in [0.717, 1.165) is 29.0 Å². The summed E-state index contributed by atoms with van der Waals surface area (Å²) >= 11 is 0. The number of hydrogen-bond acceptors (Lipinski definition) is 4. The largest absolute Gasteiger partial charge is 0.493 e. The molecule has 0 amide bonds. The van der Waals surface area contributed by atoms with Crippen LogP contribution in [0.25, 0.3) is 11.0 Å². The number of nitrogens with one attached hydrogen (secondary N) is 1. The average Bonchev–Trinajstić information content (AvgIpc) is 2.81. The number of benzene rings is 1. The van der Waals surface area contributed by atoms with Crippen LogP contribution in [0.15, 0.2) is 28.7 Å². The summed E-state index contributed by atoms with van der Waals surface area (Å²) in [6, 6.07) is 7.85. The Morgan fingerprint density at radius 3 is 2.84 bits per heavy atom. The Balaban J connectivity index is 2.06. The number of furan rings is 1. The van der Waals surface area contributed by atoms with E-state index in [1.165, 1.54) is 0 Å². The fourth-order valence-corrected chi connectivity index (χ4v) is 1.92. The number of fused-ring (bicyclic) bond motifs is 1. The lowest BCUT2D eigenvalue weighted by Gasteiger charge is -2.21. The number of methoxy groups -OCH3 is 1. The number of aliphatic hydroxyl groups is 1. The Kier molecular flexibility index (Phi) is 4.12. The van der Waals surface area contributed by atoms with Gasteiger partial charge in [0, 0.05) is 24.0 Å². The first-order valence-electron chi connectivity index (χ1n) is 6.43. The fourth-order valence-electron chi connectivity index (χ4n) is 1.92. The van der Waals surface area contributed by atoms with Gasteiger partial charge in [-0.3, -0.25) is 0 Å². The molecule has 1 aromatic carbocycles. The SMILES string of the molecule is COc1cccc2cc(CNCC(C)(C)CO)oc12. The van der Waals surface area contributed by atoms with Crippen molar-refractivity contribution in [3.8, 4) is 5.75 Å². The van der Waals surface area contributed by atoms with E-state index in [4.69, 9.17) is 9.15 Å². The van der Waals surface area contributed by atoms with Crippen LogP contribution < -0.4 is 10.1 Å². The number of aliphatic hydroxyl groups excluding tert-OH is 1. The fraction of sp³-hybridized carbons (Fsp3) is 0.467. The summed E-state index contributed by atoms with van der Waals surface area (Å²) in [6.45, 7) is 5.57. The molecule has 0 aliphatic rings. The summed E-state index contributed by atoms with van der Waals surface area (Å²) in [7, 11) is 1.64. The highest BCUT2D eigenvalue weighted by molar-refractivity contribution is 5.83.